The van der Waals surface area contributed by atoms with Gasteiger partial charge < -0.3 is 4.74 Å². The summed E-state index contributed by atoms with van der Waals surface area (Å²) in [5.41, 5.74) is 0.0976. The molecule has 0 fully saturated rings. The third-order valence-corrected chi connectivity index (χ3v) is 1.09. The Hall–Kier alpha value is -1.38. The quantitative estimate of drug-likeness (QED) is 0.262. The van der Waals surface area contributed by atoms with Crippen LogP contribution in [0.3, 0.4) is 0 Å². The Kier molecular flexibility index (Phi) is 3.24. The zero-order chi connectivity index (χ0) is 9.02. The average molecular weight is 154 g/mol. The maximum atomic E-state index is 10.9. The lowest BCUT2D eigenvalue weighted by molar-refractivity contribution is -0.137. The highest BCUT2D eigenvalue weighted by molar-refractivity contribution is 6.22. The molecule has 0 N–H and O–H groups in total. The van der Waals surface area contributed by atoms with Crippen LogP contribution in [0.5, 0.6) is 0 Å². The van der Waals surface area contributed by atoms with Gasteiger partial charge in [-0.1, -0.05) is 13.2 Å². The molecule has 0 aromatic rings. The molecule has 0 rings (SSSR count). The molecule has 0 spiro atoms. The fourth-order valence-electron chi connectivity index (χ4n) is 0.473. The summed E-state index contributed by atoms with van der Waals surface area (Å²) in [7, 11) is 1.19. The topological polar surface area (TPSA) is 43.4 Å². The van der Waals surface area contributed by atoms with Gasteiger partial charge in [-0.2, -0.15) is 0 Å². The van der Waals surface area contributed by atoms with E-state index in [0.29, 0.717) is 0 Å². The fraction of sp³-hybridized carbons (Fsp3) is 0.250. The minimum Gasteiger partial charge on any atom is -0.465 e. The monoisotopic (exact) mass is 154 g/mol. The van der Waals surface area contributed by atoms with Crippen LogP contribution in [0.4, 0.5) is 0 Å². The molecule has 3 nitrogen and oxygen atoms in total. The summed E-state index contributed by atoms with van der Waals surface area (Å²) in [6.45, 7) is 8.15. The Bertz CT molecular complexity index is 225. The molecule has 60 valence electrons. The Balaban J connectivity index is 4.39. The summed E-state index contributed by atoms with van der Waals surface area (Å²) in [6.07, 6.45) is 0. The first kappa shape index (κ1) is 9.62. The Labute approximate surface area is 65.4 Å². The number of ether oxygens (including phenoxy) is 1. The van der Waals surface area contributed by atoms with Crippen molar-refractivity contribution in [2.75, 3.05) is 7.11 Å². The zero-order valence-electron chi connectivity index (χ0n) is 6.64. The number of allylic oxidation sites excluding steroid dienone is 1. The van der Waals surface area contributed by atoms with E-state index in [-0.39, 0.29) is 11.1 Å². The third-order valence-electron chi connectivity index (χ3n) is 1.09. The van der Waals surface area contributed by atoms with Gasteiger partial charge in [-0.15, -0.1) is 0 Å². The summed E-state index contributed by atoms with van der Waals surface area (Å²) in [4.78, 5) is 21.6. The first-order chi connectivity index (χ1) is 5.00. The molecule has 0 aromatic heterocycles. The van der Waals surface area contributed by atoms with Gasteiger partial charge in [0.2, 0.25) is 0 Å². The Morgan fingerprint density at radius 1 is 1.27 bits per heavy atom. The van der Waals surface area contributed by atoms with Crippen molar-refractivity contribution >= 4 is 11.8 Å². The van der Waals surface area contributed by atoms with Crippen molar-refractivity contribution in [3.63, 3.8) is 0 Å². The number of hydrogen-bond donors (Lipinski definition) is 0. The van der Waals surface area contributed by atoms with Gasteiger partial charge in [0.1, 0.15) is 0 Å². The molecule has 0 atom stereocenters. The summed E-state index contributed by atoms with van der Waals surface area (Å²) >= 11 is 0. The first-order valence-electron chi connectivity index (χ1n) is 2.98. The highest BCUT2D eigenvalue weighted by Crippen LogP contribution is 2.02. The number of methoxy groups -OCH3 is 1. The van der Waals surface area contributed by atoms with Crippen molar-refractivity contribution in [1.29, 1.82) is 0 Å². The minimum absolute atomic E-state index is 0.181. The predicted molar refractivity (Wildman–Crippen MR) is 41.0 cm³/mol. The molecular weight excluding hydrogens is 144 g/mol. The Morgan fingerprint density at radius 2 is 1.73 bits per heavy atom. The van der Waals surface area contributed by atoms with Crippen molar-refractivity contribution in [1.82, 2.24) is 0 Å². The molecule has 0 bridgehead atoms. The number of esters is 1. The number of carbonyl (C=O) groups excluding carboxylic acids is 2. The van der Waals surface area contributed by atoms with Gasteiger partial charge in [0.05, 0.1) is 12.7 Å². The highest BCUT2D eigenvalue weighted by Gasteiger charge is 2.15. The lowest BCUT2D eigenvalue weighted by atomic mass is 10.1. The van der Waals surface area contributed by atoms with Crippen LogP contribution in [-0.4, -0.2) is 18.9 Å². The van der Waals surface area contributed by atoms with E-state index in [9.17, 15) is 9.59 Å². The van der Waals surface area contributed by atoms with Crippen LogP contribution in [0.15, 0.2) is 24.3 Å². The summed E-state index contributed by atoms with van der Waals surface area (Å²) in [6, 6.07) is 0. The van der Waals surface area contributed by atoms with Crippen LogP contribution in [-0.2, 0) is 14.3 Å². The van der Waals surface area contributed by atoms with Crippen molar-refractivity contribution in [3.05, 3.63) is 24.3 Å². The van der Waals surface area contributed by atoms with Gasteiger partial charge in [-0.25, -0.2) is 4.79 Å². The second kappa shape index (κ2) is 3.71. The second-order valence-electron chi connectivity index (χ2n) is 2.08. The number of hydrogen-bond acceptors (Lipinski definition) is 3. The van der Waals surface area contributed by atoms with Crippen LogP contribution in [0.1, 0.15) is 6.92 Å². The number of carbonyl (C=O) groups is 2. The average Bonchev–Trinajstić information content (AvgIpc) is 2.00. The van der Waals surface area contributed by atoms with Crippen LogP contribution >= 0.6 is 0 Å². The number of Topliss-reactive ketones (excluding diaryl/α,β-unsaturated/α-hetero) is 1. The molecule has 11 heavy (non-hydrogen) atoms. The lowest BCUT2D eigenvalue weighted by Crippen LogP contribution is -2.13. The van der Waals surface area contributed by atoms with E-state index in [1.54, 1.807) is 0 Å². The van der Waals surface area contributed by atoms with Gasteiger partial charge in [-0.05, 0) is 12.5 Å². The standard InChI is InChI=1S/C8H10O3/c1-5(2)7(9)6(3)8(10)11-4/h1,3H2,2,4H3. The normalized spacial score (nSPS) is 8.55. The van der Waals surface area contributed by atoms with Gasteiger partial charge in [0.15, 0.2) is 5.78 Å². The molecule has 0 saturated heterocycles. The molecule has 3 heteroatoms. The molecular formula is C8H10O3. The van der Waals surface area contributed by atoms with Crippen molar-refractivity contribution in [3.8, 4) is 0 Å². The summed E-state index contributed by atoms with van der Waals surface area (Å²) in [5, 5.41) is 0. The van der Waals surface area contributed by atoms with Gasteiger partial charge in [-0.3, -0.25) is 4.79 Å². The SMILES string of the molecule is C=C(C)C(=O)C(=C)C(=O)OC. The van der Waals surface area contributed by atoms with Crippen LogP contribution in [0, 0.1) is 0 Å². The Morgan fingerprint density at radius 3 is 2.00 bits per heavy atom. The van der Waals surface area contributed by atoms with E-state index in [1.165, 1.54) is 14.0 Å². The molecule has 0 aromatic carbocycles. The smallest absolute Gasteiger partial charge is 0.341 e. The molecule has 0 radical (unpaired) electrons. The predicted octanol–water partition coefficient (Wildman–Crippen LogP) is 0.861. The van der Waals surface area contributed by atoms with Gasteiger partial charge >= 0.3 is 5.97 Å². The van der Waals surface area contributed by atoms with Gasteiger partial charge in [0.25, 0.3) is 0 Å². The molecule has 0 unspecified atom stereocenters. The van der Waals surface area contributed by atoms with E-state index in [1.807, 2.05) is 0 Å². The highest BCUT2D eigenvalue weighted by atomic mass is 16.5. The summed E-state index contributed by atoms with van der Waals surface area (Å²) in [5.74, 6) is -1.17. The second-order valence-corrected chi connectivity index (χ2v) is 2.08. The largest absolute Gasteiger partial charge is 0.465 e. The number of rotatable bonds is 3. The summed E-state index contributed by atoms with van der Waals surface area (Å²) < 4.78 is 4.28. The van der Waals surface area contributed by atoms with Crippen LogP contribution < -0.4 is 0 Å². The first-order valence-corrected chi connectivity index (χ1v) is 2.98. The van der Waals surface area contributed by atoms with E-state index < -0.39 is 11.8 Å². The van der Waals surface area contributed by atoms with Crippen molar-refractivity contribution < 1.29 is 14.3 Å². The molecule has 0 aliphatic carbocycles. The van der Waals surface area contributed by atoms with E-state index in [2.05, 4.69) is 17.9 Å². The zero-order valence-corrected chi connectivity index (χ0v) is 6.64. The molecule has 0 saturated carbocycles. The van der Waals surface area contributed by atoms with E-state index in [0.717, 1.165) is 0 Å². The van der Waals surface area contributed by atoms with Crippen LogP contribution in [0.2, 0.25) is 0 Å². The van der Waals surface area contributed by atoms with Gasteiger partial charge in [0, 0.05) is 0 Å². The van der Waals surface area contributed by atoms with Crippen molar-refractivity contribution in [2.45, 2.75) is 6.92 Å². The van der Waals surface area contributed by atoms with E-state index >= 15 is 0 Å². The molecule has 0 heterocycles. The van der Waals surface area contributed by atoms with Crippen molar-refractivity contribution in [2.24, 2.45) is 0 Å². The third kappa shape index (κ3) is 2.37. The minimum atomic E-state index is -0.710. The maximum Gasteiger partial charge on any atom is 0.341 e. The molecule has 0 aliphatic rings. The van der Waals surface area contributed by atoms with Crippen LogP contribution in [0.25, 0.3) is 0 Å². The molecule has 0 amide bonds. The van der Waals surface area contributed by atoms with E-state index in [4.69, 9.17) is 0 Å². The maximum absolute atomic E-state index is 10.9. The fourth-order valence-corrected chi connectivity index (χ4v) is 0.473. The lowest BCUT2D eigenvalue weighted by Gasteiger charge is -2.00. The molecule has 0 aliphatic heterocycles. The number of ketones is 1.